The fourth-order valence-corrected chi connectivity index (χ4v) is 2.63. The third kappa shape index (κ3) is 3.90. The molecule has 1 radical (unpaired) electrons. The number of hydrogen-bond donors (Lipinski definition) is 2. The maximum atomic E-state index is 12.6. The van der Waals surface area contributed by atoms with Crippen LogP contribution in [0, 0.1) is 6.42 Å². The van der Waals surface area contributed by atoms with Crippen molar-refractivity contribution in [1.82, 2.24) is 20.2 Å². The summed E-state index contributed by atoms with van der Waals surface area (Å²) < 4.78 is 37.7. The third-order valence-electron chi connectivity index (χ3n) is 3.79. The Labute approximate surface area is 135 Å². The van der Waals surface area contributed by atoms with E-state index in [4.69, 9.17) is 0 Å². The molecule has 1 atom stereocenters. The molecule has 1 amide bonds. The quantitative estimate of drug-likeness (QED) is 0.898. The Morgan fingerprint density at radius 3 is 2.92 bits per heavy atom. The number of halogens is 3. The van der Waals surface area contributed by atoms with Crippen molar-refractivity contribution in [3.8, 4) is 0 Å². The van der Waals surface area contributed by atoms with E-state index in [1.165, 1.54) is 0 Å². The summed E-state index contributed by atoms with van der Waals surface area (Å²) in [5.41, 5.74) is -0.228. The minimum atomic E-state index is -4.59. The van der Waals surface area contributed by atoms with E-state index in [1.807, 2.05) is 0 Å². The van der Waals surface area contributed by atoms with Crippen LogP contribution in [-0.4, -0.2) is 26.1 Å². The second kappa shape index (κ2) is 6.58. The van der Waals surface area contributed by atoms with Crippen molar-refractivity contribution in [2.45, 2.75) is 37.8 Å². The highest BCUT2D eigenvalue weighted by atomic mass is 19.4. The van der Waals surface area contributed by atoms with Crippen LogP contribution in [0.5, 0.6) is 0 Å². The lowest BCUT2D eigenvalue weighted by Gasteiger charge is -2.07. The van der Waals surface area contributed by atoms with Gasteiger partial charge in [0, 0.05) is 23.9 Å². The molecule has 3 rings (SSSR count). The van der Waals surface area contributed by atoms with Crippen LogP contribution in [0.2, 0.25) is 0 Å². The van der Waals surface area contributed by atoms with Gasteiger partial charge in [-0.1, -0.05) is 0 Å². The van der Waals surface area contributed by atoms with Crippen LogP contribution in [-0.2, 0) is 17.4 Å². The molecular weight excluding hydrogens is 323 g/mol. The van der Waals surface area contributed by atoms with Gasteiger partial charge in [-0.05, 0) is 25.7 Å². The molecule has 6 nitrogen and oxygen atoms in total. The molecule has 1 fully saturated rings. The highest BCUT2D eigenvalue weighted by molar-refractivity contribution is 5.91. The molecule has 0 aliphatic heterocycles. The Hall–Kier alpha value is -2.45. The van der Waals surface area contributed by atoms with Crippen LogP contribution in [0.3, 0.4) is 0 Å². The van der Waals surface area contributed by atoms with Crippen LogP contribution in [0.1, 0.15) is 42.3 Å². The summed E-state index contributed by atoms with van der Waals surface area (Å²) in [6, 6.07) is 1.75. The second-order valence-corrected chi connectivity index (χ2v) is 5.63. The Morgan fingerprint density at radius 2 is 2.21 bits per heavy atom. The van der Waals surface area contributed by atoms with E-state index in [9.17, 15) is 18.0 Å². The zero-order valence-electron chi connectivity index (χ0n) is 12.6. The summed E-state index contributed by atoms with van der Waals surface area (Å²) in [6.07, 6.45) is 2.13. The topological polar surface area (TPSA) is 83.6 Å². The number of nitrogens with zero attached hydrogens (tertiary/aromatic N) is 3. The van der Waals surface area contributed by atoms with Gasteiger partial charge in [0.05, 0.1) is 18.3 Å². The van der Waals surface area contributed by atoms with E-state index in [1.54, 1.807) is 6.07 Å². The first kappa shape index (κ1) is 16.4. The molecule has 2 aromatic rings. The molecule has 24 heavy (non-hydrogen) atoms. The monoisotopic (exact) mass is 338 g/mol. The highest BCUT2D eigenvalue weighted by Gasteiger charge is 2.33. The van der Waals surface area contributed by atoms with Crippen LogP contribution < -0.4 is 5.32 Å². The summed E-state index contributed by atoms with van der Waals surface area (Å²) in [5.74, 6) is 0.221. The number of H-pyrrole nitrogens is 1. The summed E-state index contributed by atoms with van der Waals surface area (Å²) >= 11 is 0. The third-order valence-corrected chi connectivity index (χ3v) is 3.79. The Kier molecular flexibility index (Phi) is 4.50. The maximum absolute atomic E-state index is 12.6. The second-order valence-electron chi connectivity index (χ2n) is 5.63. The standard InChI is InChI=1S/C15H15F3N5O/c16-15(17,18)12-8-19-7-10(20-12)5-14(24)21-13-6-11(22-23-13)9-3-1-2-4-9/h1,6-9H,2-5H2,(H2,21,22,23,24)/t9-/m0/s1. The molecule has 127 valence electrons. The maximum Gasteiger partial charge on any atom is 0.434 e. The number of carbonyl (C=O) groups excluding carboxylic acids is 1. The molecule has 0 unspecified atom stereocenters. The van der Waals surface area contributed by atoms with E-state index in [0.29, 0.717) is 17.9 Å². The van der Waals surface area contributed by atoms with Gasteiger partial charge in [0.15, 0.2) is 11.5 Å². The Balaban J connectivity index is 1.61. The predicted molar refractivity (Wildman–Crippen MR) is 78.8 cm³/mol. The Morgan fingerprint density at radius 1 is 1.38 bits per heavy atom. The lowest BCUT2D eigenvalue weighted by molar-refractivity contribution is -0.141. The number of rotatable bonds is 4. The molecule has 2 N–H and O–H groups in total. The van der Waals surface area contributed by atoms with Gasteiger partial charge in [0.25, 0.3) is 0 Å². The number of aromatic amines is 1. The first-order valence-corrected chi connectivity index (χ1v) is 7.47. The van der Waals surface area contributed by atoms with E-state index in [2.05, 4.69) is 31.9 Å². The average Bonchev–Trinajstić information content (AvgIpc) is 3.17. The summed E-state index contributed by atoms with van der Waals surface area (Å²) in [5, 5.41) is 9.45. The molecular formula is C15H15F3N5O. The molecule has 0 saturated heterocycles. The van der Waals surface area contributed by atoms with Crippen molar-refractivity contribution in [3.05, 3.63) is 42.0 Å². The van der Waals surface area contributed by atoms with Crippen molar-refractivity contribution in [3.63, 3.8) is 0 Å². The van der Waals surface area contributed by atoms with Gasteiger partial charge >= 0.3 is 6.18 Å². The zero-order valence-corrected chi connectivity index (χ0v) is 12.6. The lowest BCUT2D eigenvalue weighted by Crippen LogP contribution is -2.17. The van der Waals surface area contributed by atoms with Crippen molar-refractivity contribution < 1.29 is 18.0 Å². The smallest absolute Gasteiger partial charge is 0.309 e. The van der Waals surface area contributed by atoms with Crippen LogP contribution >= 0.6 is 0 Å². The average molecular weight is 338 g/mol. The number of aromatic nitrogens is 4. The van der Waals surface area contributed by atoms with E-state index >= 15 is 0 Å². The van der Waals surface area contributed by atoms with Crippen molar-refractivity contribution in [1.29, 1.82) is 0 Å². The molecule has 2 aromatic heterocycles. The van der Waals surface area contributed by atoms with Crippen LogP contribution in [0.25, 0.3) is 0 Å². The normalized spacial score (nSPS) is 15.6. The molecule has 9 heteroatoms. The minimum Gasteiger partial charge on any atom is -0.309 e. The van der Waals surface area contributed by atoms with Gasteiger partial charge in [-0.15, -0.1) is 0 Å². The van der Waals surface area contributed by atoms with Crippen molar-refractivity contribution in [2.75, 3.05) is 5.32 Å². The Bertz CT molecular complexity index is 722. The van der Waals surface area contributed by atoms with Crippen molar-refractivity contribution in [2.24, 2.45) is 0 Å². The number of anilines is 1. The van der Waals surface area contributed by atoms with E-state index in [-0.39, 0.29) is 12.1 Å². The summed E-state index contributed by atoms with van der Waals surface area (Å²) in [6.45, 7) is 0. The highest BCUT2D eigenvalue weighted by Crippen LogP contribution is 2.33. The predicted octanol–water partition coefficient (Wildman–Crippen LogP) is 2.87. The molecule has 1 aliphatic rings. The van der Waals surface area contributed by atoms with Gasteiger partial charge in [0.2, 0.25) is 5.91 Å². The number of alkyl halides is 3. The SMILES string of the molecule is O=C(Cc1cncc(C(F)(F)F)n1)Nc1cc([C@H]2C[CH]CC2)[nH]n1. The summed E-state index contributed by atoms with van der Waals surface area (Å²) in [7, 11) is 0. The van der Waals surface area contributed by atoms with E-state index in [0.717, 1.165) is 31.2 Å². The number of carbonyl (C=O) groups is 1. The van der Waals surface area contributed by atoms with Crippen LogP contribution in [0.4, 0.5) is 19.0 Å². The van der Waals surface area contributed by atoms with Crippen molar-refractivity contribution >= 4 is 11.7 Å². The fraction of sp³-hybridized carbons (Fsp3) is 0.400. The van der Waals surface area contributed by atoms with Gasteiger partial charge < -0.3 is 5.32 Å². The molecule has 0 aromatic carbocycles. The summed E-state index contributed by atoms with van der Waals surface area (Å²) in [4.78, 5) is 18.8. The molecule has 1 aliphatic carbocycles. The van der Waals surface area contributed by atoms with Gasteiger partial charge in [-0.25, -0.2) is 4.98 Å². The minimum absolute atomic E-state index is 0.0523. The largest absolute Gasteiger partial charge is 0.434 e. The van der Waals surface area contributed by atoms with Gasteiger partial charge in [-0.3, -0.25) is 14.9 Å². The number of hydrogen-bond acceptors (Lipinski definition) is 4. The lowest BCUT2D eigenvalue weighted by atomic mass is 10.0. The molecule has 1 saturated carbocycles. The number of amides is 1. The first-order valence-electron chi connectivity index (χ1n) is 7.47. The molecule has 0 spiro atoms. The zero-order chi connectivity index (χ0) is 17.2. The van der Waals surface area contributed by atoms with Gasteiger partial charge in [-0.2, -0.15) is 18.3 Å². The fourth-order valence-electron chi connectivity index (χ4n) is 2.63. The first-order chi connectivity index (χ1) is 11.4. The van der Waals surface area contributed by atoms with E-state index < -0.39 is 17.8 Å². The van der Waals surface area contributed by atoms with Crippen LogP contribution in [0.15, 0.2) is 18.5 Å². The number of nitrogens with one attached hydrogen (secondary N) is 2. The molecule has 2 heterocycles. The molecule has 0 bridgehead atoms. The van der Waals surface area contributed by atoms with Gasteiger partial charge in [0.1, 0.15) is 0 Å².